The quantitative estimate of drug-likeness (QED) is 0.801. The van der Waals surface area contributed by atoms with E-state index in [1.165, 1.54) is 17.7 Å². The van der Waals surface area contributed by atoms with Crippen molar-refractivity contribution in [1.29, 1.82) is 0 Å². The number of nitrogens with zero attached hydrogens (tertiary/aromatic N) is 1. The zero-order valence-corrected chi connectivity index (χ0v) is 12.3. The summed E-state index contributed by atoms with van der Waals surface area (Å²) in [7, 11) is 0. The summed E-state index contributed by atoms with van der Waals surface area (Å²) >= 11 is 0. The van der Waals surface area contributed by atoms with Gasteiger partial charge in [0.15, 0.2) is 0 Å². The smallest absolute Gasteiger partial charge is 0.0368 e. The summed E-state index contributed by atoms with van der Waals surface area (Å²) in [5.41, 5.74) is 8.54. The van der Waals surface area contributed by atoms with Crippen LogP contribution in [0.4, 0.5) is 5.69 Å². The normalized spacial score (nSPS) is 12.8. The fourth-order valence-corrected chi connectivity index (χ4v) is 2.47. The molecule has 102 valence electrons. The van der Waals surface area contributed by atoms with Crippen molar-refractivity contribution in [3.8, 4) is 0 Å². The first kappa shape index (κ1) is 15.0. The third-order valence-electron chi connectivity index (χ3n) is 3.37. The molecule has 0 bridgehead atoms. The molecule has 1 rings (SSSR count). The molecule has 0 aliphatic heterocycles. The Morgan fingerprint density at radius 2 is 2.00 bits per heavy atom. The summed E-state index contributed by atoms with van der Waals surface area (Å²) < 4.78 is 0. The molecule has 0 amide bonds. The van der Waals surface area contributed by atoms with Crippen molar-refractivity contribution < 1.29 is 0 Å². The fourth-order valence-electron chi connectivity index (χ4n) is 2.47. The first-order valence-electron chi connectivity index (χ1n) is 7.08. The van der Waals surface area contributed by atoms with Gasteiger partial charge in [-0.2, -0.15) is 0 Å². The van der Waals surface area contributed by atoms with Gasteiger partial charge in [-0.1, -0.05) is 26.0 Å². The Kier molecular flexibility index (Phi) is 6.20. The van der Waals surface area contributed by atoms with Crippen LogP contribution in [0.2, 0.25) is 0 Å². The number of rotatable bonds is 7. The van der Waals surface area contributed by atoms with Gasteiger partial charge in [0, 0.05) is 18.8 Å². The Morgan fingerprint density at radius 3 is 2.50 bits per heavy atom. The van der Waals surface area contributed by atoms with Gasteiger partial charge in [-0.15, -0.1) is 0 Å². The minimum atomic E-state index is 0.588. The maximum absolute atomic E-state index is 5.91. The van der Waals surface area contributed by atoms with E-state index in [-0.39, 0.29) is 0 Å². The Morgan fingerprint density at radius 1 is 1.28 bits per heavy atom. The van der Waals surface area contributed by atoms with Crippen molar-refractivity contribution in [3.05, 3.63) is 29.8 Å². The topological polar surface area (TPSA) is 29.3 Å². The lowest BCUT2D eigenvalue weighted by Gasteiger charge is -2.29. The summed E-state index contributed by atoms with van der Waals surface area (Å²) in [6.45, 7) is 11.8. The summed E-state index contributed by atoms with van der Waals surface area (Å²) in [6, 6.07) is 8.73. The van der Waals surface area contributed by atoms with Gasteiger partial charge in [0.2, 0.25) is 0 Å². The van der Waals surface area contributed by atoms with Gasteiger partial charge in [-0.25, -0.2) is 0 Å². The summed E-state index contributed by atoms with van der Waals surface area (Å²) in [5, 5.41) is 0. The maximum atomic E-state index is 5.91. The molecule has 2 N–H and O–H groups in total. The second kappa shape index (κ2) is 7.42. The van der Waals surface area contributed by atoms with E-state index in [0.717, 1.165) is 25.6 Å². The summed E-state index contributed by atoms with van der Waals surface area (Å²) in [6.07, 6.45) is 1.21. The molecule has 2 heteroatoms. The molecule has 0 aliphatic carbocycles. The molecule has 0 saturated carbocycles. The highest BCUT2D eigenvalue weighted by Gasteiger charge is 2.14. The summed E-state index contributed by atoms with van der Waals surface area (Å²) in [5.74, 6) is 1.31. The predicted octanol–water partition coefficient (Wildman–Crippen LogP) is 3.44. The molecule has 0 saturated heterocycles. The molecule has 1 aromatic carbocycles. The van der Waals surface area contributed by atoms with Crippen LogP contribution in [0.15, 0.2) is 24.3 Å². The molecular formula is C16H28N2. The van der Waals surface area contributed by atoms with Crippen LogP contribution in [0.1, 0.15) is 32.8 Å². The van der Waals surface area contributed by atoms with E-state index in [9.17, 15) is 0 Å². The first-order chi connectivity index (χ1) is 8.56. The van der Waals surface area contributed by atoms with Crippen LogP contribution in [0.5, 0.6) is 0 Å². The van der Waals surface area contributed by atoms with Crippen molar-refractivity contribution in [2.45, 2.75) is 34.1 Å². The van der Waals surface area contributed by atoms with Crippen LogP contribution in [0.25, 0.3) is 0 Å². The van der Waals surface area contributed by atoms with Crippen molar-refractivity contribution in [1.82, 2.24) is 0 Å². The minimum absolute atomic E-state index is 0.588. The fraction of sp³-hybridized carbons (Fsp3) is 0.625. The van der Waals surface area contributed by atoms with Crippen LogP contribution in [-0.4, -0.2) is 19.6 Å². The second-order valence-electron chi connectivity index (χ2n) is 5.61. The molecule has 0 spiro atoms. The Hall–Kier alpha value is -1.02. The van der Waals surface area contributed by atoms with Crippen LogP contribution < -0.4 is 10.6 Å². The van der Waals surface area contributed by atoms with Crippen LogP contribution in [0.3, 0.4) is 0 Å². The van der Waals surface area contributed by atoms with Gasteiger partial charge in [0.05, 0.1) is 0 Å². The monoisotopic (exact) mass is 248 g/mol. The lowest BCUT2D eigenvalue weighted by atomic mass is 9.96. The molecule has 0 radical (unpaired) electrons. The van der Waals surface area contributed by atoms with E-state index < -0.39 is 0 Å². The minimum Gasteiger partial charge on any atom is -0.371 e. The van der Waals surface area contributed by atoms with Gasteiger partial charge >= 0.3 is 0 Å². The standard InChI is InChI=1S/C16H28N2/c1-5-18(12-15(11-17)9-13(2)3)16-8-6-7-14(4)10-16/h6-8,10,13,15H,5,9,11-12,17H2,1-4H3. The maximum Gasteiger partial charge on any atom is 0.0368 e. The highest BCUT2D eigenvalue weighted by atomic mass is 15.1. The number of benzene rings is 1. The Balaban J connectivity index is 2.71. The second-order valence-corrected chi connectivity index (χ2v) is 5.61. The number of nitrogens with two attached hydrogens (primary N) is 1. The molecule has 2 nitrogen and oxygen atoms in total. The first-order valence-corrected chi connectivity index (χ1v) is 7.08. The van der Waals surface area contributed by atoms with Crippen molar-refractivity contribution in [2.24, 2.45) is 17.6 Å². The molecule has 0 fully saturated rings. The molecule has 0 heterocycles. The molecule has 1 atom stereocenters. The van der Waals surface area contributed by atoms with Gasteiger partial charge in [0.25, 0.3) is 0 Å². The zero-order chi connectivity index (χ0) is 13.5. The Bertz CT molecular complexity index is 347. The summed E-state index contributed by atoms with van der Waals surface area (Å²) in [4.78, 5) is 2.44. The average Bonchev–Trinajstić information content (AvgIpc) is 2.33. The molecule has 0 aromatic heterocycles. The van der Waals surface area contributed by atoms with Gasteiger partial charge in [-0.3, -0.25) is 0 Å². The molecular weight excluding hydrogens is 220 g/mol. The number of aryl methyl sites for hydroxylation is 1. The zero-order valence-electron chi connectivity index (χ0n) is 12.3. The van der Waals surface area contributed by atoms with E-state index in [1.807, 2.05) is 0 Å². The van der Waals surface area contributed by atoms with Crippen molar-refractivity contribution in [2.75, 3.05) is 24.5 Å². The number of anilines is 1. The number of hydrogen-bond acceptors (Lipinski definition) is 2. The van der Waals surface area contributed by atoms with Crippen LogP contribution in [-0.2, 0) is 0 Å². The van der Waals surface area contributed by atoms with E-state index in [2.05, 4.69) is 56.9 Å². The van der Waals surface area contributed by atoms with Crippen molar-refractivity contribution in [3.63, 3.8) is 0 Å². The third kappa shape index (κ3) is 4.69. The number of hydrogen-bond donors (Lipinski definition) is 1. The van der Waals surface area contributed by atoms with Gasteiger partial charge in [0.1, 0.15) is 0 Å². The van der Waals surface area contributed by atoms with Gasteiger partial charge in [-0.05, 0) is 56.3 Å². The average molecular weight is 248 g/mol. The third-order valence-corrected chi connectivity index (χ3v) is 3.37. The Labute approximate surface area is 112 Å². The largest absolute Gasteiger partial charge is 0.371 e. The van der Waals surface area contributed by atoms with E-state index in [4.69, 9.17) is 5.73 Å². The highest BCUT2D eigenvalue weighted by Crippen LogP contribution is 2.19. The van der Waals surface area contributed by atoms with Crippen LogP contribution in [0, 0.1) is 18.8 Å². The van der Waals surface area contributed by atoms with Gasteiger partial charge < -0.3 is 10.6 Å². The highest BCUT2D eigenvalue weighted by molar-refractivity contribution is 5.48. The molecule has 1 unspecified atom stereocenters. The molecule has 18 heavy (non-hydrogen) atoms. The van der Waals surface area contributed by atoms with Crippen LogP contribution >= 0.6 is 0 Å². The molecule has 1 aromatic rings. The van der Waals surface area contributed by atoms with E-state index in [1.54, 1.807) is 0 Å². The van der Waals surface area contributed by atoms with E-state index in [0.29, 0.717) is 5.92 Å². The van der Waals surface area contributed by atoms with Crippen molar-refractivity contribution >= 4 is 5.69 Å². The van der Waals surface area contributed by atoms with E-state index >= 15 is 0 Å². The SMILES string of the molecule is CCN(CC(CN)CC(C)C)c1cccc(C)c1. The predicted molar refractivity (Wildman–Crippen MR) is 81.1 cm³/mol. The lowest BCUT2D eigenvalue weighted by Crippen LogP contribution is -2.33. The lowest BCUT2D eigenvalue weighted by molar-refractivity contribution is 0.415. The molecule has 0 aliphatic rings.